The van der Waals surface area contributed by atoms with Crippen LogP contribution >= 0.6 is 0 Å². The number of aliphatic hydroxyl groups is 1. The summed E-state index contributed by atoms with van der Waals surface area (Å²) in [5, 5.41) is 17.5. The molecule has 180 valence electrons. The van der Waals surface area contributed by atoms with Gasteiger partial charge in [0.05, 0.1) is 6.17 Å². The van der Waals surface area contributed by atoms with Crippen molar-refractivity contribution in [1.82, 2.24) is 20.4 Å². The number of nitrogens with zero attached hydrogens (tertiary/aromatic N) is 2. The fraction of sp³-hybridized carbons (Fsp3) is 0.920. The van der Waals surface area contributed by atoms with Gasteiger partial charge in [0.25, 0.3) is 5.91 Å². The van der Waals surface area contributed by atoms with Crippen LogP contribution < -0.4 is 10.6 Å². The average Bonchev–Trinajstić information content (AvgIpc) is 3.44. The lowest BCUT2D eigenvalue weighted by atomic mass is 9.68. The SMILES string of the molecule is CC1CNC(C2CCCC(C3CCC(C(=O)N4CCN(C(=O)C5(O)CC5)CC4)CC3)C2)N1. The number of rotatable bonds is 4. The van der Waals surface area contributed by atoms with Crippen molar-refractivity contribution in [3.05, 3.63) is 0 Å². The van der Waals surface area contributed by atoms with Crippen LogP contribution in [0.5, 0.6) is 0 Å². The predicted molar refractivity (Wildman–Crippen MR) is 123 cm³/mol. The summed E-state index contributed by atoms with van der Waals surface area (Å²) in [6, 6.07) is 0.584. The number of nitrogens with one attached hydrogen (secondary N) is 2. The molecule has 5 rings (SSSR count). The molecule has 0 bridgehead atoms. The standard InChI is InChI=1S/C25H42N4O3/c1-17-16-26-22(27-17)21-4-2-3-20(15-21)18-5-7-19(8-6-18)23(30)28-11-13-29(14-12-28)24(31)25(32)9-10-25/h17-22,26-27,32H,2-16H2,1H3. The third-order valence-electron chi connectivity index (χ3n) is 9.12. The lowest BCUT2D eigenvalue weighted by Gasteiger charge is -2.41. The van der Waals surface area contributed by atoms with Crippen molar-refractivity contribution in [3.63, 3.8) is 0 Å². The highest BCUT2D eigenvalue weighted by Crippen LogP contribution is 2.43. The predicted octanol–water partition coefficient (Wildman–Crippen LogP) is 1.70. The van der Waals surface area contributed by atoms with Gasteiger partial charge in [-0.2, -0.15) is 0 Å². The Bertz CT molecular complexity index is 695. The second kappa shape index (κ2) is 9.22. The van der Waals surface area contributed by atoms with E-state index in [2.05, 4.69) is 17.6 Å². The fourth-order valence-electron chi connectivity index (χ4n) is 6.88. The van der Waals surface area contributed by atoms with E-state index < -0.39 is 5.60 Å². The summed E-state index contributed by atoms with van der Waals surface area (Å²) in [5.74, 6) is 2.70. The second-order valence-corrected chi connectivity index (χ2v) is 11.4. The molecule has 0 spiro atoms. The van der Waals surface area contributed by atoms with Gasteiger partial charge in [-0.3, -0.25) is 14.9 Å². The Hall–Kier alpha value is -1.18. The molecular formula is C25H42N4O3. The Labute approximate surface area is 192 Å². The first-order chi connectivity index (χ1) is 15.4. The summed E-state index contributed by atoms with van der Waals surface area (Å²) in [7, 11) is 0. The smallest absolute Gasteiger partial charge is 0.254 e. The summed E-state index contributed by atoms with van der Waals surface area (Å²) in [6.45, 7) is 5.71. The van der Waals surface area contributed by atoms with Crippen molar-refractivity contribution in [2.45, 2.75) is 88.9 Å². The quantitative estimate of drug-likeness (QED) is 0.612. The Morgan fingerprint density at radius 1 is 0.875 bits per heavy atom. The van der Waals surface area contributed by atoms with Crippen LogP contribution in [0.4, 0.5) is 0 Å². The van der Waals surface area contributed by atoms with E-state index in [9.17, 15) is 14.7 Å². The van der Waals surface area contributed by atoms with E-state index in [0.29, 0.717) is 57.1 Å². The highest BCUT2D eigenvalue weighted by atomic mass is 16.3. The molecule has 0 aromatic heterocycles. The molecule has 4 atom stereocenters. The summed E-state index contributed by atoms with van der Waals surface area (Å²) in [5.41, 5.74) is -1.09. The number of piperazine rings is 1. The maximum atomic E-state index is 13.1. The van der Waals surface area contributed by atoms with Gasteiger partial charge < -0.3 is 20.2 Å². The summed E-state index contributed by atoms with van der Waals surface area (Å²) in [4.78, 5) is 29.2. The van der Waals surface area contributed by atoms with Crippen LogP contribution in [0.2, 0.25) is 0 Å². The van der Waals surface area contributed by atoms with Crippen molar-refractivity contribution in [3.8, 4) is 0 Å². The van der Waals surface area contributed by atoms with Crippen molar-refractivity contribution in [1.29, 1.82) is 0 Å². The Kier molecular flexibility index (Phi) is 6.52. The molecule has 32 heavy (non-hydrogen) atoms. The Balaban J connectivity index is 1.06. The molecule has 7 heteroatoms. The zero-order valence-corrected chi connectivity index (χ0v) is 19.7. The first-order valence-corrected chi connectivity index (χ1v) is 13.2. The van der Waals surface area contributed by atoms with Crippen LogP contribution in [0.15, 0.2) is 0 Å². The van der Waals surface area contributed by atoms with E-state index in [0.717, 1.165) is 37.1 Å². The van der Waals surface area contributed by atoms with E-state index in [1.807, 2.05) is 4.90 Å². The van der Waals surface area contributed by atoms with Crippen LogP contribution in [0.1, 0.15) is 71.1 Å². The van der Waals surface area contributed by atoms with Crippen LogP contribution in [0.3, 0.4) is 0 Å². The third kappa shape index (κ3) is 4.71. The molecule has 0 aromatic carbocycles. The molecule has 0 aromatic rings. The number of carbonyl (C=O) groups is 2. The molecule has 5 aliphatic rings. The third-order valence-corrected chi connectivity index (χ3v) is 9.12. The minimum absolute atomic E-state index is 0.131. The van der Waals surface area contributed by atoms with E-state index in [4.69, 9.17) is 0 Å². The highest BCUT2D eigenvalue weighted by Gasteiger charge is 2.50. The number of amides is 2. The lowest BCUT2D eigenvalue weighted by molar-refractivity contribution is -0.148. The zero-order chi connectivity index (χ0) is 22.3. The molecule has 3 saturated carbocycles. The molecule has 3 aliphatic carbocycles. The molecule has 2 amide bonds. The van der Waals surface area contributed by atoms with E-state index >= 15 is 0 Å². The summed E-state index contributed by atoms with van der Waals surface area (Å²) >= 11 is 0. The first kappa shape index (κ1) is 22.6. The topological polar surface area (TPSA) is 84.9 Å². The summed E-state index contributed by atoms with van der Waals surface area (Å²) in [6.07, 6.45) is 11.5. The van der Waals surface area contributed by atoms with Gasteiger partial charge in [-0.05, 0) is 76.0 Å². The van der Waals surface area contributed by atoms with Gasteiger partial charge >= 0.3 is 0 Å². The summed E-state index contributed by atoms with van der Waals surface area (Å²) < 4.78 is 0. The largest absolute Gasteiger partial charge is 0.380 e. The maximum absolute atomic E-state index is 13.1. The molecule has 2 aliphatic heterocycles. The number of hydrogen-bond acceptors (Lipinski definition) is 5. The monoisotopic (exact) mass is 446 g/mol. The van der Waals surface area contributed by atoms with Crippen LogP contribution in [0.25, 0.3) is 0 Å². The molecule has 4 unspecified atom stereocenters. The fourth-order valence-corrected chi connectivity index (χ4v) is 6.88. The first-order valence-electron chi connectivity index (χ1n) is 13.2. The van der Waals surface area contributed by atoms with Crippen molar-refractivity contribution in [2.24, 2.45) is 23.7 Å². The van der Waals surface area contributed by atoms with Crippen LogP contribution in [-0.4, -0.2) is 77.3 Å². The van der Waals surface area contributed by atoms with Gasteiger partial charge in [0.15, 0.2) is 0 Å². The van der Waals surface area contributed by atoms with E-state index in [1.54, 1.807) is 4.90 Å². The van der Waals surface area contributed by atoms with E-state index in [1.165, 1.54) is 38.5 Å². The minimum Gasteiger partial charge on any atom is -0.380 e. The number of hydrogen-bond donors (Lipinski definition) is 3. The van der Waals surface area contributed by atoms with E-state index in [-0.39, 0.29) is 11.8 Å². The molecule has 2 heterocycles. The van der Waals surface area contributed by atoms with Gasteiger partial charge in [0.1, 0.15) is 5.60 Å². The van der Waals surface area contributed by atoms with Crippen molar-refractivity contribution < 1.29 is 14.7 Å². The van der Waals surface area contributed by atoms with Gasteiger partial charge in [0, 0.05) is 44.7 Å². The van der Waals surface area contributed by atoms with Gasteiger partial charge in [-0.1, -0.05) is 12.8 Å². The lowest BCUT2D eigenvalue weighted by Crippen LogP contribution is -2.54. The van der Waals surface area contributed by atoms with Crippen molar-refractivity contribution >= 4 is 11.8 Å². The Morgan fingerprint density at radius 3 is 2.16 bits per heavy atom. The van der Waals surface area contributed by atoms with Crippen molar-refractivity contribution in [2.75, 3.05) is 32.7 Å². The number of carbonyl (C=O) groups excluding carboxylic acids is 2. The zero-order valence-electron chi connectivity index (χ0n) is 19.7. The maximum Gasteiger partial charge on any atom is 0.254 e. The Morgan fingerprint density at radius 2 is 1.53 bits per heavy atom. The molecule has 5 fully saturated rings. The molecule has 7 nitrogen and oxygen atoms in total. The molecule has 3 N–H and O–H groups in total. The molecular weight excluding hydrogens is 404 g/mol. The highest BCUT2D eigenvalue weighted by molar-refractivity contribution is 5.88. The van der Waals surface area contributed by atoms with Gasteiger partial charge in [-0.25, -0.2) is 0 Å². The second-order valence-electron chi connectivity index (χ2n) is 11.4. The van der Waals surface area contributed by atoms with Gasteiger partial charge in [-0.15, -0.1) is 0 Å². The van der Waals surface area contributed by atoms with Crippen LogP contribution in [0, 0.1) is 23.7 Å². The molecule has 0 radical (unpaired) electrons. The van der Waals surface area contributed by atoms with Crippen LogP contribution in [-0.2, 0) is 9.59 Å². The normalized spacial score (nSPS) is 39.7. The molecule has 2 saturated heterocycles. The van der Waals surface area contributed by atoms with Gasteiger partial charge in [0.2, 0.25) is 5.91 Å². The minimum atomic E-state index is -1.09. The average molecular weight is 447 g/mol.